The van der Waals surface area contributed by atoms with Crippen molar-refractivity contribution in [1.82, 2.24) is 15.5 Å². The van der Waals surface area contributed by atoms with Crippen LogP contribution in [-0.2, 0) is 19.2 Å². The molecule has 1 aliphatic heterocycles. The van der Waals surface area contributed by atoms with Crippen LogP contribution in [-0.4, -0.2) is 57.9 Å². The van der Waals surface area contributed by atoms with E-state index >= 15 is 0 Å². The summed E-state index contributed by atoms with van der Waals surface area (Å²) in [7, 11) is 0. The number of halogens is 2. The average Bonchev–Trinajstić information content (AvgIpc) is 2.86. The molecule has 1 aliphatic rings. The molecule has 9 heteroatoms. The normalized spacial score (nSPS) is 12.7. The number of imide groups is 1. The first-order valence-corrected chi connectivity index (χ1v) is 9.87. The lowest BCUT2D eigenvalue weighted by molar-refractivity contribution is -0.138. The van der Waals surface area contributed by atoms with Crippen LogP contribution in [0.2, 0.25) is 0 Å². The molecule has 0 saturated carbocycles. The van der Waals surface area contributed by atoms with Crippen molar-refractivity contribution >= 4 is 51.2 Å². The molecule has 1 heterocycles. The van der Waals surface area contributed by atoms with Gasteiger partial charge in [-0.15, -0.1) is 11.6 Å². The topological polar surface area (TPSA) is 95.6 Å². The van der Waals surface area contributed by atoms with Crippen molar-refractivity contribution < 1.29 is 19.2 Å². The Morgan fingerprint density at radius 2 is 1.35 bits per heavy atom. The molecular formula is C17H29BrClN3O4. The van der Waals surface area contributed by atoms with E-state index in [9.17, 15) is 19.2 Å². The van der Waals surface area contributed by atoms with Gasteiger partial charge in [0.05, 0.1) is 5.33 Å². The van der Waals surface area contributed by atoms with Crippen molar-refractivity contribution in [2.75, 3.05) is 11.2 Å². The van der Waals surface area contributed by atoms with E-state index in [-0.39, 0.29) is 47.6 Å². The van der Waals surface area contributed by atoms with Crippen molar-refractivity contribution in [2.24, 2.45) is 0 Å². The zero-order valence-electron chi connectivity index (χ0n) is 16.1. The summed E-state index contributed by atoms with van der Waals surface area (Å²) in [4.78, 5) is 43.8. The minimum Gasteiger partial charge on any atom is -0.353 e. The number of alkyl halides is 2. The molecule has 26 heavy (non-hydrogen) atoms. The summed E-state index contributed by atoms with van der Waals surface area (Å²) in [5, 5.41) is 5.72. The summed E-state index contributed by atoms with van der Waals surface area (Å²) in [6.07, 6.45) is 2.59. The Kier molecular flexibility index (Phi) is 15.2. The Balaban J connectivity index is 0. The first-order chi connectivity index (χ1) is 12.0. The minimum absolute atomic E-state index is 0.0324. The van der Waals surface area contributed by atoms with E-state index < -0.39 is 0 Å². The molecule has 0 atom stereocenters. The number of amides is 4. The third kappa shape index (κ3) is 13.8. The molecule has 7 nitrogen and oxygen atoms in total. The van der Waals surface area contributed by atoms with Crippen LogP contribution in [0.5, 0.6) is 0 Å². The minimum atomic E-state index is -0.208. The van der Waals surface area contributed by atoms with Crippen LogP contribution < -0.4 is 10.6 Å². The number of carbonyl (C=O) groups is 4. The maximum absolute atomic E-state index is 10.8. The average molecular weight is 455 g/mol. The maximum Gasteiger partial charge on any atom is 0.253 e. The smallest absolute Gasteiger partial charge is 0.253 e. The quantitative estimate of drug-likeness (QED) is 0.490. The van der Waals surface area contributed by atoms with Gasteiger partial charge in [-0.25, -0.2) is 0 Å². The van der Waals surface area contributed by atoms with Crippen LogP contribution in [0.1, 0.15) is 41.5 Å². The number of rotatable bonds is 5. The van der Waals surface area contributed by atoms with Gasteiger partial charge >= 0.3 is 0 Å². The van der Waals surface area contributed by atoms with Crippen molar-refractivity contribution in [3.8, 4) is 0 Å². The van der Waals surface area contributed by atoms with Gasteiger partial charge in [0.15, 0.2) is 0 Å². The molecule has 0 aromatic rings. The van der Waals surface area contributed by atoms with E-state index in [4.69, 9.17) is 11.6 Å². The van der Waals surface area contributed by atoms with Crippen LogP contribution in [0.25, 0.3) is 0 Å². The summed E-state index contributed by atoms with van der Waals surface area (Å²) < 4.78 is 0. The van der Waals surface area contributed by atoms with E-state index in [0.29, 0.717) is 5.33 Å². The zero-order valence-corrected chi connectivity index (χ0v) is 18.5. The van der Waals surface area contributed by atoms with Gasteiger partial charge in [0, 0.05) is 30.3 Å². The molecule has 0 aliphatic carbocycles. The number of carbonyl (C=O) groups excluding carboxylic acids is 4. The zero-order chi connectivity index (χ0) is 20.9. The highest BCUT2D eigenvalue weighted by Gasteiger charge is 2.25. The molecule has 150 valence electrons. The van der Waals surface area contributed by atoms with E-state index in [1.807, 2.05) is 41.5 Å². The molecule has 2 N–H and O–H groups in total. The summed E-state index contributed by atoms with van der Waals surface area (Å²) in [5.41, 5.74) is 0. The fourth-order valence-electron chi connectivity index (χ4n) is 1.64. The lowest BCUT2D eigenvalue weighted by Crippen LogP contribution is -2.36. The van der Waals surface area contributed by atoms with Crippen LogP contribution >= 0.6 is 27.5 Å². The molecule has 0 unspecified atom stereocenters. The lowest BCUT2D eigenvalue weighted by atomic mass is 10.3. The predicted octanol–water partition coefficient (Wildman–Crippen LogP) is 1.98. The predicted molar refractivity (Wildman–Crippen MR) is 107 cm³/mol. The molecule has 0 fully saturated rings. The molecule has 4 amide bonds. The summed E-state index contributed by atoms with van der Waals surface area (Å²) >= 11 is 8.22. The van der Waals surface area contributed by atoms with Gasteiger partial charge in [0.2, 0.25) is 11.8 Å². The first-order valence-electron chi connectivity index (χ1n) is 8.22. The fraction of sp³-hybridized carbons (Fsp3) is 0.647. The highest BCUT2D eigenvalue weighted by atomic mass is 79.9. The van der Waals surface area contributed by atoms with Gasteiger partial charge in [0.25, 0.3) is 11.8 Å². The van der Waals surface area contributed by atoms with Crippen molar-refractivity contribution in [3.63, 3.8) is 0 Å². The summed E-state index contributed by atoms with van der Waals surface area (Å²) in [5.74, 6) is -0.431. The number of nitrogens with one attached hydrogen (secondary N) is 2. The Bertz CT molecular complexity index is 468. The van der Waals surface area contributed by atoms with Gasteiger partial charge in [-0.1, -0.05) is 15.9 Å². The van der Waals surface area contributed by atoms with Crippen molar-refractivity contribution in [3.05, 3.63) is 12.2 Å². The van der Waals surface area contributed by atoms with Gasteiger partial charge < -0.3 is 10.6 Å². The fourth-order valence-corrected chi connectivity index (χ4v) is 1.88. The molecule has 0 saturated heterocycles. The Morgan fingerprint density at radius 3 is 1.50 bits per heavy atom. The molecule has 0 spiro atoms. The van der Waals surface area contributed by atoms with E-state index in [0.717, 1.165) is 0 Å². The Labute approximate surface area is 169 Å². The largest absolute Gasteiger partial charge is 0.353 e. The second-order valence-corrected chi connectivity index (χ2v) is 7.01. The standard InChI is InChI=1S/C7H9NO2.C5H10BrNO.C5H10ClNO/c1-5(2)8-6(9)3-4-7(8)10;2*1-4(2)7-5(8)3-6/h3-5H,1-2H3;2*4H,3H2,1-2H3,(H,7,8). The molecule has 1 rings (SSSR count). The number of nitrogens with zero attached hydrogens (tertiary/aromatic N) is 1. The third-order valence-electron chi connectivity index (χ3n) is 2.50. The Hall–Kier alpha value is -1.41. The van der Waals surface area contributed by atoms with Crippen LogP contribution in [0, 0.1) is 0 Å². The maximum atomic E-state index is 10.8. The number of hydrogen-bond donors (Lipinski definition) is 2. The highest BCUT2D eigenvalue weighted by Crippen LogP contribution is 2.07. The van der Waals surface area contributed by atoms with Gasteiger partial charge in [-0.3, -0.25) is 24.1 Å². The van der Waals surface area contributed by atoms with E-state index in [1.54, 1.807) is 0 Å². The monoisotopic (exact) mass is 453 g/mol. The highest BCUT2D eigenvalue weighted by molar-refractivity contribution is 9.09. The van der Waals surface area contributed by atoms with Crippen LogP contribution in [0.3, 0.4) is 0 Å². The summed E-state index contributed by atoms with van der Waals surface area (Å²) in [6.45, 7) is 11.3. The molecular weight excluding hydrogens is 426 g/mol. The van der Waals surface area contributed by atoms with Gasteiger partial charge in [-0.05, 0) is 41.5 Å². The van der Waals surface area contributed by atoms with E-state index in [2.05, 4.69) is 26.6 Å². The first kappa shape index (κ1) is 26.8. The second-order valence-electron chi connectivity index (χ2n) is 6.19. The van der Waals surface area contributed by atoms with Crippen LogP contribution in [0.4, 0.5) is 0 Å². The Morgan fingerprint density at radius 1 is 0.962 bits per heavy atom. The van der Waals surface area contributed by atoms with Crippen molar-refractivity contribution in [2.45, 2.75) is 59.7 Å². The SMILES string of the molecule is CC(C)N1C(=O)C=CC1=O.CC(C)NC(=O)CBr.CC(C)NC(=O)CCl. The molecule has 0 bridgehead atoms. The lowest BCUT2D eigenvalue weighted by Gasteiger charge is -2.17. The van der Waals surface area contributed by atoms with Gasteiger partial charge in [0.1, 0.15) is 5.88 Å². The summed E-state index contributed by atoms with van der Waals surface area (Å²) in [6, 6.07) is 0.413. The second kappa shape index (κ2) is 14.7. The number of hydrogen-bond acceptors (Lipinski definition) is 4. The van der Waals surface area contributed by atoms with Crippen LogP contribution in [0.15, 0.2) is 12.2 Å². The van der Waals surface area contributed by atoms with E-state index in [1.165, 1.54) is 17.1 Å². The van der Waals surface area contributed by atoms with Crippen molar-refractivity contribution in [1.29, 1.82) is 0 Å². The molecule has 0 aromatic heterocycles. The third-order valence-corrected chi connectivity index (χ3v) is 3.25. The van der Waals surface area contributed by atoms with Gasteiger partial charge in [-0.2, -0.15) is 0 Å². The molecule has 0 aromatic carbocycles. The molecule has 0 radical (unpaired) electrons.